The Hall–Kier alpha value is -3.63. The van der Waals surface area contributed by atoms with Crippen LogP contribution in [0.25, 0.3) is 0 Å². The first-order valence-corrected chi connectivity index (χ1v) is 22.0. The van der Waals surface area contributed by atoms with E-state index in [1.165, 1.54) is 0 Å². The third kappa shape index (κ3) is 40.4. The van der Waals surface area contributed by atoms with E-state index in [-0.39, 0.29) is 19.4 Å². The third-order valence-electron chi connectivity index (χ3n) is 7.61. The topological polar surface area (TPSA) is 149 Å². The van der Waals surface area contributed by atoms with Gasteiger partial charge in [-0.05, 0) is 89.9 Å². The number of carbonyl (C=O) groups excluding carboxylic acids is 2. The van der Waals surface area contributed by atoms with Crippen molar-refractivity contribution < 1.29 is 47.8 Å². The van der Waals surface area contributed by atoms with E-state index in [2.05, 4.69) is 116 Å². The van der Waals surface area contributed by atoms with Crippen LogP contribution in [-0.2, 0) is 32.7 Å². The number of phosphoric ester groups is 1. The largest absolute Gasteiger partial charge is 0.472 e. The van der Waals surface area contributed by atoms with Crippen molar-refractivity contribution in [1.29, 1.82) is 0 Å². The highest BCUT2D eigenvalue weighted by molar-refractivity contribution is 7.47. The van der Waals surface area contributed by atoms with Gasteiger partial charge in [-0.15, -0.1) is 0 Å². The predicted molar refractivity (Wildman–Crippen MR) is 232 cm³/mol. The van der Waals surface area contributed by atoms with Gasteiger partial charge in [0.2, 0.25) is 0 Å². The molecule has 1 unspecified atom stereocenters. The summed E-state index contributed by atoms with van der Waals surface area (Å²) < 4.78 is 32.5. The van der Waals surface area contributed by atoms with Gasteiger partial charge in [0.15, 0.2) is 6.10 Å². The molecule has 320 valence electrons. The van der Waals surface area contributed by atoms with Crippen LogP contribution >= 0.6 is 7.82 Å². The molecule has 0 fully saturated rings. The Labute approximate surface area is 343 Å². The van der Waals surface area contributed by atoms with Gasteiger partial charge in [-0.3, -0.25) is 18.6 Å². The van der Waals surface area contributed by atoms with E-state index in [1.807, 2.05) is 24.3 Å². The van der Waals surface area contributed by atoms with Crippen LogP contribution in [0.3, 0.4) is 0 Å². The molecule has 0 bridgehead atoms. The van der Waals surface area contributed by atoms with E-state index in [4.69, 9.17) is 19.1 Å². The van der Waals surface area contributed by atoms with E-state index < -0.39 is 51.8 Å². The Bertz CT molecular complexity index is 1350. The smallest absolute Gasteiger partial charge is 0.462 e. The van der Waals surface area contributed by atoms with Crippen LogP contribution in [-0.4, -0.2) is 65.7 Å². The molecule has 0 radical (unpaired) electrons. The number of hydrogen-bond acceptors (Lipinski definition) is 9. The molecule has 3 atom stereocenters. The second-order valence-corrected chi connectivity index (χ2v) is 14.3. The molecule has 0 rings (SSSR count). The van der Waals surface area contributed by atoms with Crippen molar-refractivity contribution in [1.82, 2.24) is 0 Å². The predicted octanol–water partition coefficient (Wildman–Crippen LogP) is 10.8. The maximum absolute atomic E-state index is 12.6. The molecule has 0 aliphatic heterocycles. The number of phosphoric acid groups is 1. The number of esters is 2. The fourth-order valence-corrected chi connectivity index (χ4v) is 5.32. The van der Waals surface area contributed by atoms with Gasteiger partial charge in [0.05, 0.1) is 19.8 Å². The molecule has 0 saturated carbocycles. The molecule has 0 heterocycles. The monoisotopic (exact) mass is 814 g/mol. The van der Waals surface area contributed by atoms with Gasteiger partial charge < -0.3 is 24.6 Å². The van der Waals surface area contributed by atoms with Crippen LogP contribution in [0.2, 0.25) is 0 Å². The highest BCUT2D eigenvalue weighted by Crippen LogP contribution is 2.43. The number of carbonyl (C=O) groups is 2. The van der Waals surface area contributed by atoms with Gasteiger partial charge in [-0.1, -0.05) is 135 Å². The zero-order valence-electron chi connectivity index (χ0n) is 34.5. The minimum Gasteiger partial charge on any atom is -0.462 e. The number of unbranched alkanes of at least 4 members (excludes halogenated alkanes) is 2. The number of hydrogen-bond donors (Lipinski definition) is 3. The standard InChI is InChI=1S/C46H71O10P/c1-3-5-7-9-11-13-15-17-19-21-23-25-27-29-31-33-35-37-45(49)53-41-44(42-55-57(51,52)54-40-43(48)39-47)56-46(50)38-36-34-32-30-28-26-24-22-20-18-16-14-12-10-8-6-4-2/h5-8,11-14,17-20,23-26,29-32,43-44,47-48H,3-4,9-10,15-16,21-22,27-28,33-42H2,1-2H3,(H,51,52)/b7-5+,8-6+,13-11+,14-12+,19-17+,20-18+,25-23+,26-24+,31-29+,32-30+/t43-,44+/m0/s1. The summed E-state index contributed by atoms with van der Waals surface area (Å²) in [4.78, 5) is 34.9. The van der Waals surface area contributed by atoms with Gasteiger partial charge in [0.25, 0.3) is 0 Å². The Morgan fingerprint density at radius 3 is 1.26 bits per heavy atom. The van der Waals surface area contributed by atoms with Crippen molar-refractivity contribution in [2.45, 2.75) is 129 Å². The molecule has 0 amide bonds. The van der Waals surface area contributed by atoms with Crippen molar-refractivity contribution >= 4 is 19.8 Å². The van der Waals surface area contributed by atoms with Crippen LogP contribution in [0.15, 0.2) is 122 Å². The maximum atomic E-state index is 12.6. The highest BCUT2D eigenvalue weighted by atomic mass is 31.2. The fraction of sp³-hybridized carbons (Fsp3) is 0.522. The maximum Gasteiger partial charge on any atom is 0.472 e. The Morgan fingerprint density at radius 1 is 0.526 bits per heavy atom. The molecule has 0 aromatic carbocycles. The first-order chi connectivity index (χ1) is 27.7. The van der Waals surface area contributed by atoms with Crippen molar-refractivity contribution in [2.24, 2.45) is 0 Å². The van der Waals surface area contributed by atoms with Crippen LogP contribution in [0, 0.1) is 0 Å². The molecular formula is C46H71O10P. The third-order valence-corrected chi connectivity index (χ3v) is 8.56. The summed E-state index contributed by atoms with van der Waals surface area (Å²) in [5, 5.41) is 18.3. The lowest BCUT2D eigenvalue weighted by atomic mass is 10.2. The number of rotatable bonds is 36. The normalized spacial score (nSPS) is 15.1. The summed E-state index contributed by atoms with van der Waals surface area (Å²) >= 11 is 0. The van der Waals surface area contributed by atoms with Crippen LogP contribution in [0.5, 0.6) is 0 Å². The van der Waals surface area contributed by atoms with Gasteiger partial charge in [-0.25, -0.2) is 4.57 Å². The van der Waals surface area contributed by atoms with Crippen LogP contribution < -0.4 is 0 Å². The van der Waals surface area contributed by atoms with Crippen LogP contribution in [0.4, 0.5) is 0 Å². The Balaban J connectivity index is 4.56. The number of aliphatic hydroxyl groups is 2. The molecule has 11 heteroatoms. The average Bonchev–Trinajstić information content (AvgIpc) is 3.20. The SMILES string of the molecule is CC/C=C/C/C=C/C/C=C/C/C=C/C/C=C/CCCC(=O)OC[C@H](COP(=O)(O)OC[C@@H](O)CO)OC(=O)CCC/C=C/C/C=C/C/C=C/C/C=C/C/C=C/CC. The first-order valence-electron chi connectivity index (χ1n) is 20.5. The molecule has 0 aromatic heterocycles. The Morgan fingerprint density at radius 2 is 0.877 bits per heavy atom. The zero-order valence-corrected chi connectivity index (χ0v) is 35.4. The number of ether oxygens (including phenoxy) is 2. The Kier molecular flexibility index (Phi) is 38.0. The van der Waals surface area contributed by atoms with E-state index in [0.717, 1.165) is 64.2 Å². The second kappa shape index (κ2) is 40.6. The van der Waals surface area contributed by atoms with Crippen molar-refractivity contribution in [3.8, 4) is 0 Å². The van der Waals surface area contributed by atoms with Gasteiger partial charge in [0, 0.05) is 12.8 Å². The van der Waals surface area contributed by atoms with Gasteiger partial charge >= 0.3 is 19.8 Å². The molecule has 0 spiro atoms. The quantitative estimate of drug-likeness (QED) is 0.0241. The van der Waals surface area contributed by atoms with E-state index in [0.29, 0.717) is 25.7 Å². The van der Waals surface area contributed by atoms with E-state index in [1.54, 1.807) is 0 Å². The van der Waals surface area contributed by atoms with Crippen LogP contribution in [0.1, 0.15) is 117 Å². The zero-order chi connectivity index (χ0) is 41.9. The van der Waals surface area contributed by atoms with Gasteiger partial charge in [-0.2, -0.15) is 0 Å². The first kappa shape index (κ1) is 53.4. The summed E-state index contributed by atoms with van der Waals surface area (Å²) in [7, 11) is -4.65. The molecule has 3 N–H and O–H groups in total. The summed E-state index contributed by atoms with van der Waals surface area (Å²) in [5.74, 6) is -1.08. The van der Waals surface area contributed by atoms with Crippen molar-refractivity contribution in [2.75, 3.05) is 26.4 Å². The number of allylic oxidation sites excluding steroid dienone is 20. The van der Waals surface area contributed by atoms with Crippen molar-refractivity contribution in [3.05, 3.63) is 122 Å². The summed E-state index contributed by atoms with van der Waals surface area (Å²) in [5.41, 5.74) is 0. The minimum absolute atomic E-state index is 0.0853. The summed E-state index contributed by atoms with van der Waals surface area (Å²) in [6, 6.07) is 0. The van der Waals surface area contributed by atoms with Gasteiger partial charge in [0.1, 0.15) is 12.7 Å². The minimum atomic E-state index is -4.65. The molecular weight excluding hydrogens is 743 g/mol. The fourth-order valence-electron chi connectivity index (χ4n) is 4.53. The lowest BCUT2D eigenvalue weighted by Gasteiger charge is -2.20. The average molecular weight is 815 g/mol. The lowest BCUT2D eigenvalue weighted by molar-refractivity contribution is -0.161. The van der Waals surface area contributed by atoms with Crippen molar-refractivity contribution in [3.63, 3.8) is 0 Å². The molecule has 57 heavy (non-hydrogen) atoms. The summed E-state index contributed by atoms with van der Waals surface area (Å²) in [6.07, 6.45) is 51.8. The van der Waals surface area contributed by atoms with E-state index in [9.17, 15) is 24.2 Å². The molecule has 0 aliphatic rings. The molecule has 0 aliphatic carbocycles. The number of aliphatic hydroxyl groups excluding tert-OH is 2. The second-order valence-electron chi connectivity index (χ2n) is 12.9. The molecule has 0 aromatic rings. The summed E-state index contributed by atoms with van der Waals surface area (Å²) in [6.45, 7) is 1.98. The molecule has 10 nitrogen and oxygen atoms in total. The highest BCUT2D eigenvalue weighted by Gasteiger charge is 2.27. The molecule has 0 saturated heterocycles. The van der Waals surface area contributed by atoms with E-state index >= 15 is 0 Å². The lowest BCUT2D eigenvalue weighted by Crippen LogP contribution is -2.29.